The second-order valence-electron chi connectivity index (χ2n) is 19.7. The highest BCUT2D eigenvalue weighted by Gasteiger charge is 2.42. The molecule has 10 aromatic rings. The minimum Gasteiger partial charge on any atom is -0.310 e. The lowest BCUT2D eigenvalue weighted by atomic mass is 9.82. The Morgan fingerprint density at radius 3 is 1.20 bits per heavy atom. The van der Waals surface area contributed by atoms with E-state index < -0.39 is 8.07 Å². The molecule has 0 unspecified atom stereocenters. The third-order valence-electron chi connectivity index (χ3n) is 15.2. The van der Waals surface area contributed by atoms with E-state index in [2.05, 4.69) is 292 Å². The minimum atomic E-state index is -2.99. The molecule has 69 heavy (non-hydrogen) atoms. The first-order chi connectivity index (χ1) is 33.7. The van der Waals surface area contributed by atoms with Crippen LogP contribution in [-0.2, 0) is 10.8 Å². The van der Waals surface area contributed by atoms with Crippen LogP contribution in [0.15, 0.2) is 255 Å². The van der Waals surface area contributed by atoms with Crippen LogP contribution in [0, 0.1) is 0 Å². The van der Waals surface area contributed by atoms with Gasteiger partial charge in [0.25, 0.3) is 0 Å². The van der Waals surface area contributed by atoms with Crippen molar-refractivity contribution in [1.82, 2.24) is 0 Å². The summed E-state index contributed by atoms with van der Waals surface area (Å²) in [6.45, 7) is 9.43. The zero-order chi connectivity index (χ0) is 46.7. The van der Waals surface area contributed by atoms with Crippen molar-refractivity contribution in [1.29, 1.82) is 0 Å². The smallest absolute Gasteiger partial charge is 0.179 e. The lowest BCUT2D eigenvalue weighted by Gasteiger charge is -2.36. The SMILES string of the molecule is CC1(C)c2ccccc2-c2cc(N(c3ccccc3)c3cccc([Si](c4ccccc4)(c4ccccc4)c4ccc(N(c5ccccc5)c5ccc6c(c5)C(C)(C)c5ccccc5-6)cc4)c3)ccc21. The van der Waals surface area contributed by atoms with E-state index in [-0.39, 0.29) is 10.8 Å². The molecule has 0 saturated heterocycles. The van der Waals surface area contributed by atoms with Gasteiger partial charge in [-0.3, -0.25) is 0 Å². The van der Waals surface area contributed by atoms with E-state index >= 15 is 0 Å². The average Bonchev–Trinajstić information content (AvgIpc) is 3.77. The first-order valence-electron chi connectivity index (χ1n) is 24.3. The normalized spacial score (nSPS) is 13.7. The van der Waals surface area contributed by atoms with Crippen LogP contribution in [0.3, 0.4) is 0 Å². The van der Waals surface area contributed by atoms with E-state index in [9.17, 15) is 0 Å². The van der Waals surface area contributed by atoms with Gasteiger partial charge in [-0.2, -0.15) is 0 Å². The fraction of sp³-hybridized carbons (Fsp3) is 0.0909. The van der Waals surface area contributed by atoms with E-state index in [0.29, 0.717) is 0 Å². The predicted octanol–water partition coefficient (Wildman–Crippen LogP) is 14.6. The number of anilines is 6. The Morgan fingerprint density at radius 1 is 0.246 bits per heavy atom. The molecular formula is C66H54N2Si. The molecule has 10 aromatic carbocycles. The van der Waals surface area contributed by atoms with E-state index in [1.807, 2.05) is 0 Å². The molecule has 0 atom stereocenters. The molecule has 0 aliphatic heterocycles. The summed E-state index contributed by atoms with van der Waals surface area (Å²) >= 11 is 0. The first-order valence-corrected chi connectivity index (χ1v) is 26.3. The number of hydrogen-bond donors (Lipinski definition) is 0. The number of para-hydroxylation sites is 2. The second-order valence-corrected chi connectivity index (χ2v) is 23.5. The minimum absolute atomic E-state index is 0.0726. The molecular weight excluding hydrogens is 849 g/mol. The molecule has 0 heterocycles. The zero-order valence-electron chi connectivity index (χ0n) is 39.6. The molecule has 2 aliphatic carbocycles. The predicted molar refractivity (Wildman–Crippen MR) is 295 cm³/mol. The van der Waals surface area contributed by atoms with Gasteiger partial charge in [-0.05, 0) is 138 Å². The van der Waals surface area contributed by atoms with Crippen molar-refractivity contribution in [3.8, 4) is 22.3 Å². The highest BCUT2D eigenvalue weighted by atomic mass is 28.3. The summed E-state index contributed by atoms with van der Waals surface area (Å²) in [6.07, 6.45) is 0. The highest BCUT2D eigenvalue weighted by Crippen LogP contribution is 2.52. The quantitative estimate of drug-likeness (QED) is 0.0997. The Morgan fingerprint density at radius 2 is 0.609 bits per heavy atom. The molecule has 0 saturated carbocycles. The van der Waals surface area contributed by atoms with Crippen molar-refractivity contribution >= 4 is 62.9 Å². The Kier molecular flexibility index (Phi) is 10.2. The highest BCUT2D eigenvalue weighted by molar-refractivity contribution is 7.20. The van der Waals surface area contributed by atoms with Crippen LogP contribution in [0.4, 0.5) is 34.1 Å². The standard InChI is InChI=1S/C66H54N2Si/c1-65(2)62-35-20-18-33-58(62)60-45-51(39-43-63(60)65)68(48-24-11-6-12-25-48)50-26-21-31-56(44-50)69(53-27-13-7-14-28-53,54-29-15-8-16-30-54)55-40-36-49(37-41-55)67(47-22-9-5-10-23-47)52-38-42-59-57-32-17-19-34-61(57)66(3,4)64(59)46-52/h5-46H,1-4H3. The fourth-order valence-electron chi connectivity index (χ4n) is 11.8. The molecule has 2 aliphatic rings. The topological polar surface area (TPSA) is 6.48 Å². The van der Waals surface area contributed by atoms with Crippen molar-refractivity contribution in [3.05, 3.63) is 277 Å². The fourth-order valence-corrected chi connectivity index (χ4v) is 16.6. The molecule has 0 radical (unpaired) electrons. The van der Waals surface area contributed by atoms with Crippen LogP contribution in [-0.4, -0.2) is 8.07 Å². The maximum absolute atomic E-state index is 2.99. The van der Waals surface area contributed by atoms with Crippen molar-refractivity contribution in [2.24, 2.45) is 0 Å². The molecule has 2 nitrogen and oxygen atoms in total. The van der Waals surface area contributed by atoms with E-state index in [0.717, 1.165) is 34.1 Å². The molecule has 0 N–H and O–H groups in total. The van der Waals surface area contributed by atoms with Gasteiger partial charge in [-0.15, -0.1) is 0 Å². The van der Waals surface area contributed by atoms with Gasteiger partial charge in [0.2, 0.25) is 0 Å². The van der Waals surface area contributed by atoms with Gasteiger partial charge >= 0.3 is 0 Å². The van der Waals surface area contributed by atoms with Gasteiger partial charge in [0.1, 0.15) is 0 Å². The molecule has 12 rings (SSSR count). The molecule has 0 spiro atoms. The summed E-state index contributed by atoms with van der Waals surface area (Å²) < 4.78 is 0. The van der Waals surface area contributed by atoms with Crippen LogP contribution in [0.2, 0.25) is 0 Å². The van der Waals surface area contributed by atoms with Crippen molar-refractivity contribution in [2.45, 2.75) is 38.5 Å². The van der Waals surface area contributed by atoms with Crippen molar-refractivity contribution in [2.75, 3.05) is 9.80 Å². The van der Waals surface area contributed by atoms with Gasteiger partial charge < -0.3 is 9.80 Å². The van der Waals surface area contributed by atoms with Crippen molar-refractivity contribution in [3.63, 3.8) is 0 Å². The van der Waals surface area contributed by atoms with Crippen LogP contribution in [0.25, 0.3) is 22.3 Å². The number of benzene rings is 10. The Hall–Kier alpha value is -7.98. The van der Waals surface area contributed by atoms with Crippen LogP contribution < -0.4 is 30.5 Å². The first kappa shape index (κ1) is 42.4. The van der Waals surface area contributed by atoms with Gasteiger partial charge in [0.05, 0.1) is 0 Å². The van der Waals surface area contributed by atoms with Gasteiger partial charge in [-0.1, -0.05) is 210 Å². The Bertz CT molecular complexity index is 3450. The summed E-state index contributed by atoms with van der Waals surface area (Å²) in [5, 5.41) is 5.31. The molecule has 0 aromatic heterocycles. The second kappa shape index (κ2) is 16.7. The van der Waals surface area contributed by atoms with Crippen molar-refractivity contribution < 1.29 is 0 Å². The van der Waals surface area contributed by atoms with Gasteiger partial charge in [0, 0.05) is 45.0 Å². The Labute approximate surface area is 408 Å². The number of nitrogens with zero attached hydrogens (tertiary/aromatic N) is 2. The summed E-state index contributed by atoms with van der Waals surface area (Å²) in [7, 11) is -2.99. The number of hydrogen-bond acceptors (Lipinski definition) is 2. The summed E-state index contributed by atoms with van der Waals surface area (Å²) in [5.74, 6) is 0. The summed E-state index contributed by atoms with van der Waals surface area (Å²) in [5.41, 5.74) is 17.4. The third kappa shape index (κ3) is 6.83. The number of rotatable bonds is 10. The molecule has 0 bridgehead atoms. The van der Waals surface area contributed by atoms with Crippen LogP contribution in [0.1, 0.15) is 49.9 Å². The largest absolute Gasteiger partial charge is 0.310 e. The maximum Gasteiger partial charge on any atom is 0.179 e. The molecule has 0 amide bonds. The third-order valence-corrected chi connectivity index (χ3v) is 20.0. The van der Waals surface area contributed by atoms with E-state index in [1.165, 1.54) is 65.3 Å². The van der Waals surface area contributed by atoms with Gasteiger partial charge in [-0.25, -0.2) is 0 Å². The Balaban J connectivity index is 1.03. The average molecular weight is 903 g/mol. The molecule has 332 valence electrons. The van der Waals surface area contributed by atoms with E-state index in [1.54, 1.807) is 0 Å². The lowest BCUT2D eigenvalue weighted by Crippen LogP contribution is -2.74. The lowest BCUT2D eigenvalue weighted by molar-refractivity contribution is 0.660. The maximum atomic E-state index is 2.48. The molecule has 0 fully saturated rings. The van der Waals surface area contributed by atoms with E-state index in [4.69, 9.17) is 0 Å². The molecule has 3 heteroatoms. The summed E-state index contributed by atoms with van der Waals surface area (Å²) in [4.78, 5) is 4.87. The zero-order valence-corrected chi connectivity index (χ0v) is 40.6. The monoisotopic (exact) mass is 902 g/mol. The summed E-state index contributed by atoms with van der Waals surface area (Å²) in [6, 6.07) is 95.2. The van der Waals surface area contributed by atoms with Crippen LogP contribution in [0.5, 0.6) is 0 Å². The van der Waals surface area contributed by atoms with Crippen LogP contribution >= 0.6 is 0 Å². The van der Waals surface area contributed by atoms with Gasteiger partial charge in [0.15, 0.2) is 8.07 Å². The number of fused-ring (bicyclic) bond motifs is 6.